The van der Waals surface area contributed by atoms with Crippen LogP contribution in [0.1, 0.15) is 40.8 Å². The van der Waals surface area contributed by atoms with Gasteiger partial charge in [0.25, 0.3) is 0 Å². The highest BCUT2D eigenvalue weighted by Crippen LogP contribution is 2.13. The van der Waals surface area contributed by atoms with Gasteiger partial charge in [0.1, 0.15) is 0 Å². The van der Waals surface area contributed by atoms with Crippen molar-refractivity contribution in [3.05, 3.63) is 30.1 Å². The molecule has 1 unspecified atom stereocenters. The summed E-state index contributed by atoms with van der Waals surface area (Å²) in [7, 11) is 0. The molecule has 0 aromatic carbocycles. The third-order valence-corrected chi connectivity index (χ3v) is 1.29. The molecule has 1 aromatic rings. The summed E-state index contributed by atoms with van der Waals surface area (Å²) in [6.45, 7) is -3.10. The largest absolute Gasteiger partial charge is 0.324 e. The third kappa shape index (κ3) is 2.31. The zero-order valence-electron chi connectivity index (χ0n) is 12.9. The molecule has 0 aliphatic rings. The maximum absolute atomic E-state index is 7.71. The van der Waals surface area contributed by atoms with Gasteiger partial charge in [-0.1, -0.05) is 13.2 Å². The Hall–Kier alpha value is -0.890. The standard InChI is InChI=1S/C9H14N2/c1-2-3-9(10)8-4-6-11-7-5-8/h4-7,9H,2-3,10H2,1H3/i1D3,2D2,3D2. The molecular weight excluding hydrogens is 136 g/mol. The van der Waals surface area contributed by atoms with E-state index in [1.54, 1.807) is 0 Å². The number of hydrogen-bond donors (Lipinski definition) is 1. The van der Waals surface area contributed by atoms with Crippen LogP contribution in [0.15, 0.2) is 24.5 Å². The van der Waals surface area contributed by atoms with E-state index in [-0.39, 0.29) is 0 Å². The predicted molar refractivity (Wildman–Crippen MR) is 46.1 cm³/mol. The molecule has 0 spiro atoms. The van der Waals surface area contributed by atoms with E-state index in [1.807, 2.05) is 0 Å². The minimum Gasteiger partial charge on any atom is -0.324 e. The summed E-state index contributed by atoms with van der Waals surface area (Å²) in [4.78, 5) is 3.74. The Morgan fingerprint density at radius 1 is 1.73 bits per heavy atom. The third-order valence-electron chi connectivity index (χ3n) is 1.29. The van der Waals surface area contributed by atoms with Crippen molar-refractivity contribution in [2.45, 2.75) is 25.6 Å². The van der Waals surface area contributed by atoms with Gasteiger partial charge in [-0.15, -0.1) is 0 Å². The molecule has 0 radical (unpaired) electrons. The summed E-state index contributed by atoms with van der Waals surface area (Å²) in [5.41, 5.74) is 5.96. The first kappa shape index (κ1) is 2.87. The number of nitrogens with zero attached hydrogens (tertiary/aromatic N) is 1. The zero-order valence-corrected chi connectivity index (χ0v) is 5.91. The predicted octanol–water partition coefficient (Wildman–Crippen LogP) is 1.88. The summed E-state index contributed by atoms with van der Waals surface area (Å²) in [6.07, 6.45) is -3.02. The summed E-state index contributed by atoms with van der Waals surface area (Å²) in [5, 5.41) is 0. The Morgan fingerprint density at radius 2 is 2.45 bits per heavy atom. The van der Waals surface area contributed by atoms with Crippen LogP contribution >= 0.6 is 0 Å². The number of nitrogens with two attached hydrogens (primary N) is 1. The molecule has 0 fully saturated rings. The highest BCUT2D eigenvalue weighted by Gasteiger charge is 2.01. The van der Waals surface area contributed by atoms with Crippen molar-refractivity contribution in [3.8, 4) is 0 Å². The smallest absolute Gasteiger partial charge is 0.0295 e. The average Bonchev–Trinajstić information content (AvgIpc) is 2.27. The van der Waals surface area contributed by atoms with Gasteiger partial charge in [0.05, 0.1) is 0 Å². The molecule has 60 valence electrons. The molecule has 0 aliphatic carbocycles. The van der Waals surface area contributed by atoms with Crippen molar-refractivity contribution >= 4 is 0 Å². The SMILES string of the molecule is [2H]C([2H])([2H])C([2H])([2H])C([2H])([2H])C(N)c1ccncc1. The van der Waals surface area contributed by atoms with Crippen LogP contribution in [0.3, 0.4) is 0 Å². The molecule has 1 atom stereocenters. The van der Waals surface area contributed by atoms with Crippen molar-refractivity contribution in [1.29, 1.82) is 0 Å². The van der Waals surface area contributed by atoms with E-state index in [4.69, 9.17) is 15.3 Å². The van der Waals surface area contributed by atoms with Crippen LogP contribution in [0, 0.1) is 0 Å². The van der Waals surface area contributed by atoms with Crippen molar-refractivity contribution in [2.24, 2.45) is 5.73 Å². The Kier molecular flexibility index (Phi) is 1.06. The van der Waals surface area contributed by atoms with Crippen LogP contribution in [-0.4, -0.2) is 4.98 Å². The lowest BCUT2D eigenvalue weighted by atomic mass is 10.1. The number of pyridine rings is 1. The molecule has 1 heterocycles. The summed E-state index contributed by atoms with van der Waals surface area (Å²) in [5.74, 6) is 0. The highest BCUT2D eigenvalue weighted by molar-refractivity contribution is 5.13. The lowest BCUT2D eigenvalue weighted by Gasteiger charge is -2.08. The second kappa shape index (κ2) is 4.09. The van der Waals surface area contributed by atoms with E-state index in [2.05, 4.69) is 4.98 Å². The number of aromatic nitrogens is 1. The lowest BCUT2D eigenvalue weighted by Crippen LogP contribution is -2.09. The van der Waals surface area contributed by atoms with E-state index in [9.17, 15) is 0 Å². The Bertz CT molecular complexity index is 401. The maximum atomic E-state index is 7.71. The minimum absolute atomic E-state index is 0.295. The second-order valence-corrected chi connectivity index (χ2v) is 2.03. The van der Waals surface area contributed by atoms with Crippen molar-refractivity contribution in [2.75, 3.05) is 0 Å². The summed E-state index contributed by atoms with van der Waals surface area (Å²) in [6, 6.07) is 1.46. The quantitative estimate of drug-likeness (QED) is 0.727. The molecule has 0 saturated carbocycles. The molecule has 2 N–H and O–H groups in total. The lowest BCUT2D eigenvalue weighted by molar-refractivity contribution is 0.637. The van der Waals surface area contributed by atoms with Crippen molar-refractivity contribution in [3.63, 3.8) is 0 Å². The van der Waals surface area contributed by atoms with Crippen LogP contribution in [0.5, 0.6) is 0 Å². The van der Waals surface area contributed by atoms with Gasteiger partial charge in [0.2, 0.25) is 0 Å². The first-order valence-corrected chi connectivity index (χ1v) is 3.17. The molecular formula is C9H14N2. The van der Waals surface area contributed by atoms with Crippen LogP contribution in [0.25, 0.3) is 0 Å². The van der Waals surface area contributed by atoms with Gasteiger partial charge in [0.15, 0.2) is 0 Å². The molecule has 0 bridgehead atoms. The summed E-state index contributed by atoms with van der Waals surface area (Å²) >= 11 is 0. The van der Waals surface area contributed by atoms with Crippen molar-refractivity contribution in [1.82, 2.24) is 4.98 Å². The van der Waals surface area contributed by atoms with Gasteiger partial charge in [-0.05, 0) is 24.1 Å². The van der Waals surface area contributed by atoms with Crippen LogP contribution < -0.4 is 5.73 Å². The summed E-state index contributed by atoms with van der Waals surface area (Å²) < 4.78 is 51.7. The fourth-order valence-electron chi connectivity index (χ4n) is 0.732. The first-order chi connectivity index (χ1) is 8.02. The molecule has 11 heavy (non-hydrogen) atoms. The monoisotopic (exact) mass is 157 g/mol. The molecule has 1 rings (SSSR count). The molecule has 2 heteroatoms. The molecule has 2 nitrogen and oxygen atoms in total. The van der Waals surface area contributed by atoms with E-state index in [0.29, 0.717) is 5.56 Å². The number of hydrogen-bond acceptors (Lipinski definition) is 2. The molecule has 0 aliphatic heterocycles. The topological polar surface area (TPSA) is 38.9 Å². The van der Waals surface area contributed by atoms with Crippen LogP contribution in [0.4, 0.5) is 0 Å². The van der Waals surface area contributed by atoms with E-state index < -0.39 is 25.6 Å². The minimum atomic E-state index is -3.10. The first-order valence-electron chi connectivity index (χ1n) is 6.67. The van der Waals surface area contributed by atoms with Gasteiger partial charge >= 0.3 is 0 Å². The van der Waals surface area contributed by atoms with Gasteiger partial charge < -0.3 is 5.73 Å². The number of rotatable bonds is 3. The average molecular weight is 157 g/mol. The Balaban J connectivity index is 3.15. The van der Waals surface area contributed by atoms with Crippen molar-refractivity contribution < 1.29 is 9.60 Å². The molecule has 1 aromatic heterocycles. The van der Waals surface area contributed by atoms with Gasteiger partial charge in [-0.25, -0.2) is 0 Å². The fraction of sp³-hybridized carbons (Fsp3) is 0.444. The van der Waals surface area contributed by atoms with E-state index >= 15 is 0 Å². The second-order valence-electron chi connectivity index (χ2n) is 2.03. The van der Waals surface area contributed by atoms with E-state index in [1.165, 1.54) is 24.5 Å². The molecule has 0 amide bonds. The highest BCUT2D eigenvalue weighted by atomic mass is 14.6. The maximum Gasteiger partial charge on any atom is 0.0295 e. The normalized spacial score (nSPS) is 26.1. The van der Waals surface area contributed by atoms with Crippen LogP contribution in [0.2, 0.25) is 0 Å². The van der Waals surface area contributed by atoms with Crippen LogP contribution in [-0.2, 0) is 0 Å². The van der Waals surface area contributed by atoms with Gasteiger partial charge in [-0.3, -0.25) is 4.98 Å². The Labute approximate surface area is 77.3 Å². The van der Waals surface area contributed by atoms with Gasteiger partial charge in [-0.2, -0.15) is 0 Å². The Morgan fingerprint density at radius 3 is 3.09 bits per heavy atom. The van der Waals surface area contributed by atoms with E-state index in [0.717, 1.165) is 0 Å². The fourth-order valence-corrected chi connectivity index (χ4v) is 0.732. The van der Waals surface area contributed by atoms with Gasteiger partial charge in [0, 0.05) is 28.0 Å². The zero-order chi connectivity index (χ0) is 14.2. The molecule has 0 saturated heterocycles.